The quantitative estimate of drug-likeness (QED) is 0.679. The van der Waals surface area contributed by atoms with Crippen molar-refractivity contribution in [1.82, 2.24) is 14.7 Å². The summed E-state index contributed by atoms with van der Waals surface area (Å²) in [7, 11) is 1.38. The molecule has 2 heterocycles. The number of rotatable bonds is 4. The fourth-order valence-corrected chi connectivity index (χ4v) is 1.86. The van der Waals surface area contributed by atoms with E-state index in [9.17, 15) is 4.79 Å². The molecule has 1 saturated heterocycles. The van der Waals surface area contributed by atoms with Crippen molar-refractivity contribution < 1.29 is 14.3 Å². The number of carbonyl (C=O) groups excluding carboxylic acids is 1. The molecular formula is C11H17N3O3. The Bertz CT molecular complexity index is 353. The molecule has 6 heteroatoms. The molecule has 94 valence electrons. The van der Waals surface area contributed by atoms with Crippen LogP contribution in [0.5, 0.6) is 0 Å². The third-order valence-electron chi connectivity index (χ3n) is 2.82. The first kappa shape index (κ1) is 12.1. The predicted molar refractivity (Wildman–Crippen MR) is 60.4 cm³/mol. The van der Waals surface area contributed by atoms with Crippen molar-refractivity contribution in [2.24, 2.45) is 0 Å². The Morgan fingerprint density at radius 2 is 2.47 bits per heavy atom. The Morgan fingerprint density at radius 3 is 3.18 bits per heavy atom. The lowest BCUT2D eigenvalue weighted by Crippen LogP contribution is -2.47. The second-order valence-corrected chi connectivity index (χ2v) is 3.95. The highest BCUT2D eigenvalue weighted by atomic mass is 16.6. The van der Waals surface area contributed by atoms with Crippen LogP contribution in [0.3, 0.4) is 0 Å². The minimum atomic E-state index is -0.452. The predicted octanol–water partition coefficient (Wildman–Crippen LogP) is -0.243. The number of morpholine rings is 1. The number of carbonyl (C=O) groups is 1. The number of hydrogen-bond donors (Lipinski definition) is 0. The number of aromatic nitrogens is 2. The molecule has 0 saturated carbocycles. The van der Waals surface area contributed by atoms with Crippen LogP contribution in [-0.2, 0) is 20.8 Å². The van der Waals surface area contributed by atoms with E-state index in [1.807, 2.05) is 16.9 Å². The van der Waals surface area contributed by atoms with Crippen LogP contribution in [0.25, 0.3) is 0 Å². The second-order valence-electron chi connectivity index (χ2n) is 3.95. The van der Waals surface area contributed by atoms with Gasteiger partial charge in [-0.3, -0.25) is 9.58 Å². The van der Waals surface area contributed by atoms with E-state index in [1.54, 1.807) is 6.20 Å². The summed E-state index contributed by atoms with van der Waals surface area (Å²) in [4.78, 5) is 13.5. The van der Waals surface area contributed by atoms with Gasteiger partial charge < -0.3 is 9.47 Å². The van der Waals surface area contributed by atoms with E-state index in [4.69, 9.17) is 4.74 Å². The zero-order valence-electron chi connectivity index (χ0n) is 9.91. The third kappa shape index (κ3) is 3.28. The molecule has 0 bridgehead atoms. The zero-order valence-corrected chi connectivity index (χ0v) is 9.91. The number of nitrogens with zero attached hydrogens (tertiary/aromatic N) is 3. The van der Waals surface area contributed by atoms with Crippen molar-refractivity contribution in [1.29, 1.82) is 0 Å². The van der Waals surface area contributed by atoms with Gasteiger partial charge in [-0.25, -0.2) is 4.79 Å². The Hall–Kier alpha value is -1.40. The summed E-state index contributed by atoms with van der Waals surface area (Å²) in [5.41, 5.74) is 0. The first-order chi connectivity index (χ1) is 8.29. The van der Waals surface area contributed by atoms with Crippen LogP contribution in [0, 0.1) is 0 Å². The van der Waals surface area contributed by atoms with Crippen LogP contribution >= 0.6 is 0 Å². The van der Waals surface area contributed by atoms with Crippen LogP contribution < -0.4 is 0 Å². The van der Waals surface area contributed by atoms with E-state index in [0.29, 0.717) is 13.2 Å². The Balaban J connectivity index is 1.79. The molecule has 1 aromatic rings. The van der Waals surface area contributed by atoms with E-state index in [2.05, 4.69) is 14.7 Å². The van der Waals surface area contributed by atoms with Gasteiger partial charge in [0.1, 0.15) is 0 Å². The van der Waals surface area contributed by atoms with Gasteiger partial charge >= 0.3 is 5.97 Å². The summed E-state index contributed by atoms with van der Waals surface area (Å²) < 4.78 is 11.9. The molecule has 1 aliphatic rings. The highest BCUT2D eigenvalue weighted by molar-refractivity contribution is 5.74. The van der Waals surface area contributed by atoms with E-state index in [1.165, 1.54) is 7.11 Å². The van der Waals surface area contributed by atoms with Gasteiger partial charge in [0, 0.05) is 32.0 Å². The lowest BCUT2D eigenvalue weighted by atomic mass is 10.2. The first-order valence-corrected chi connectivity index (χ1v) is 5.69. The molecular weight excluding hydrogens is 222 g/mol. The van der Waals surface area contributed by atoms with Gasteiger partial charge in [0.25, 0.3) is 0 Å². The standard InChI is InChI=1S/C11H17N3O3/c1-16-11(15)10-9-13(7-8-17-10)5-6-14-4-2-3-12-14/h2-4,10H,5-9H2,1H3. The van der Waals surface area contributed by atoms with Crippen LogP contribution in [0.15, 0.2) is 18.5 Å². The van der Waals surface area contributed by atoms with E-state index >= 15 is 0 Å². The summed E-state index contributed by atoms with van der Waals surface area (Å²) in [5, 5.41) is 4.14. The van der Waals surface area contributed by atoms with E-state index < -0.39 is 6.10 Å². The molecule has 0 amide bonds. The maximum atomic E-state index is 11.4. The Kier molecular flexibility index (Phi) is 4.11. The third-order valence-corrected chi connectivity index (χ3v) is 2.82. The summed E-state index contributed by atoms with van der Waals surface area (Å²) in [6, 6.07) is 1.90. The van der Waals surface area contributed by atoms with Crippen LogP contribution in [-0.4, -0.2) is 60.1 Å². The van der Waals surface area contributed by atoms with E-state index in [-0.39, 0.29) is 5.97 Å². The van der Waals surface area contributed by atoms with Gasteiger partial charge in [-0.15, -0.1) is 0 Å². The second kappa shape index (κ2) is 5.79. The fraction of sp³-hybridized carbons (Fsp3) is 0.636. The van der Waals surface area contributed by atoms with Gasteiger partial charge in [-0.1, -0.05) is 0 Å². The lowest BCUT2D eigenvalue weighted by molar-refractivity contribution is -0.159. The van der Waals surface area contributed by atoms with Gasteiger partial charge in [0.05, 0.1) is 20.3 Å². The first-order valence-electron chi connectivity index (χ1n) is 5.69. The van der Waals surface area contributed by atoms with Crippen LogP contribution in [0.4, 0.5) is 0 Å². The van der Waals surface area contributed by atoms with Crippen molar-refractivity contribution >= 4 is 5.97 Å². The van der Waals surface area contributed by atoms with Crippen molar-refractivity contribution in [2.45, 2.75) is 12.6 Å². The fourth-order valence-electron chi connectivity index (χ4n) is 1.86. The van der Waals surface area contributed by atoms with Crippen molar-refractivity contribution in [3.63, 3.8) is 0 Å². The molecule has 1 unspecified atom stereocenters. The molecule has 17 heavy (non-hydrogen) atoms. The molecule has 0 spiro atoms. The van der Waals surface area contributed by atoms with Crippen molar-refractivity contribution in [3.8, 4) is 0 Å². The lowest BCUT2D eigenvalue weighted by Gasteiger charge is -2.31. The van der Waals surface area contributed by atoms with E-state index in [0.717, 1.165) is 19.6 Å². The van der Waals surface area contributed by atoms with Crippen LogP contribution in [0.1, 0.15) is 0 Å². The summed E-state index contributed by atoms with van der Waals surface area (Å²) >= 11 is 0. The molecule has 0 aromatic carbocycles. The Morgan fingerprint density at radius 1 is 1.59 bits per heavy atom. The molecule has 0 N–H and O–H groups in total. The summed E-state index contributed by atoms with van der Waals surface area (Å²) in [6.45, 7) is 3.68. The highest BCUT2D eigenvalue weighted by Crippen LogP contribution is 2.06. The van der Waals surface area contributed by atoms with Crippen molar-refractivity contribution in [3.05, 3.63) is 18.5 Å². The topological polar surface area (TPSA) is 56.6 Å². The van der Waals surface area contributed by atoms with Gasteiger partial charge in [0.15, 0.2) is 6.10 Å². The monoisotopic (exact) mass is 239 g/mol. The average molecular weight is 239 g/mol. The minimum absolute atomic E-state index is 0.297. The maximum absolute atomic E-state index is 11.4. The number of methoxy groups -OCH3 is 1. The molecule has 6 nitrogen and oxygen atoms in total. The molecule has 1 fully saturated rings. The van der Waals surface area contributed by atoms with Crippen LogP contribution in [0.2, 0.25) is 0 Å². The number of esters is 1. The van der Waals surface area contributed by atoms with Gasteiger partial charge in [-0.2, -0.15) is 5.10 Å². The SMILES string of the molecule is COC(=O)C1CN(CCn2cccn2)CCO1. The molecule has 1 aromatic heterocycles. The summed E-state index contributed by atoms with van der Waals surface area (Å²) in [6.07, 6.45) is 3.24. The summed E-state index contributed by atoms with van der Waals surface area (Å²) in [5.74, 6) is -0.297. The molecule has 0 radical (unpaired) electrons. The smallest absolute Gasteiger partial charge is 0.336 e. The molecule has 1 atom stereocenters. The number of ether oxygens (including phenoxy) is 2. The Labute approximate surface area is 100 Å². The van der Waals surface area contributed by atoms with Gasteiger partial charge in [0.2, 0.25) is 0 Å². The van der Waals surface area contributed by atoms with Gasteiger partial charge in [-0.05, 0) is 6.07 Å². The number of hydrogen-bond acceptors (Lipinski definition) is 5. The highest BCUT2D eigenvalue weighted by Gasteiger charge is 2.26. The molecule has 2 rings (SSSR count). The molecule has 0 aliphatic carbocycles. The largest absolute Gasteiger partial charge is 0.467 e. The minimum Gasteiger partial charge on any atom is -0.467 e. The average Bonchev–Trinajstić information content (AvgIpc) is 2.89. The van der Waals surface area contributed by atoms with Crippen molar-refractivity contribution in [2.75, 3.05) is 33.4 Å². The normalized spacial score (nSPS) is 21.4. The maximum Gasteiger partial charge on any atom is 0.336 e. The zero-order chi connectivity index (χ0) is 12.1. The molecule has 1 aliphatic heterocycles.